The van der Waals surface area contributed by atoms with Crippen molar-refractivity contribution in [2.45, 2.75) is 37.8 Å². The monoisotopic (exact) mass is 298 g/mol. The Morgan fingerprint density at radius 2 is 2.10 bits per heavy atom. The van der Waals surface area contributed by atoms with Gasteiger partial charge in [0.25, 0.3) is 0 Å². The normalized spacial score (nSPS) is 22.3. The van der Waals surface area contributed by atoms with Crippen LogP contribution in [0.25, 0.3) is 0 Å². The highest BCUT2D eigenvalue weighted by Crippen LogP contribution is 2.22. The third-order valence-corrected chi connectivity index (χ3v) is 3.86. The van der Waals surface area contributed by atoms with E-state index in [4.69, 9.17) is 0 Å². The van der Waals surface area contributed by atoms with E-state index in [1.54, 1.807) is 11.9 Å². The summed E-state index contributed by atoms with van der Waals surface area (Å²) in [4.78, 5) is 13.7. The fraction of sp³-hybridized carbons (Fsp3) is 0.533. The maximum absolute atomic E-state index is 13.5. The number of halogens is 2. The maximum Gasteiger partial charge on any atom is 0.238 e. The molecule has 0 saturated heterocycles. The van der Waals surface area contributed by atoms with Gasteiger partial charge in [-0.15, -0.1) is 0 Å². The predicted molar refractivity (Wildman–Crippen MR) is 75.9 cm³/mol. The van der Waals surface area contributed by atoms with Gasteiger partial charge in [0.2, 0.25) is 5.91 Å². The predicted octanol–water partition coefficient (Wildman–Crippen LogP) is 2.14. The molecule has 0 aliphatic heterocycles. The lowest BCUT2D eigenvalue weighted by Crippen LogP contribution is -2.46. The van der Waals surface area contributed by atoms with Gasteiger partial charge in [-0.05, 0) is 32.0 Å². The van der Waals surface area contributed by atoms with E-state index < -0.39 is 17.7 Å². The number of carbonyl (C=O) groups excluding carboxylic acids is 1. The number of hydrogen-bond acceptors (Lipinski definition) is 3. The van der Waals surface area contributed by atoms with Crippen LogP contribution in [0.2, 0.25) is 0 Å². The lowest BCUT2D eigenvalue weighted by Gasteiger charge is -2.34. The Morgan fingerprint density at radius 3 is 2.76 bits per heavy atom. The summed E-state index contributed by atoms with van der Waals surface area (Å²) < 4.78 is 26.2. The van der Waals surface area contributed by atoms with Gasteiger partial charge in [0.15, 0.2) is 0 Å². The molecule has 1 aliphatic carbocycles. The number of aliphatic hydroxyl groups is 1. The molecule has 2 unspecified atom stereocenters. The topological polar surface area (TPSA) is 52.6 Å². The first kappa shape index (κ1) is 15.9. The molecule has 0 heterocycles. The highest BCUT2D eigenvalue weighted by atomic mass is 19.1. The number of hydrogen-bond donors (Lipinski definition) is 2. The van der Waals surface area contributed by atoms with E-state index in [1.807, 2.05) is 0 Å². The van der Waals surface area contributed by atoms with Gasteiger partial charge >= 0.3 is 0 Å². The molecule has 0 radical (unpaired) electrons. The second-order valence-corrected chi connectivity index (χ2v) is 5.51. The van der Waals surface area contributed by atoms with E-state index in [0.29, 0.717) is 0 Å². The van der Waals surface area contributed by atoms with Crippen LogP contribution in [0.3, 0.4) is 0 Å². The van der Waals surface area contributed by atoms with Gasteiger partial charge < -0.3 is 10.4 Å². The number of rotatable bonds is 4. The molecule has 116 valence electrons. The summed E-state index contributed by atoms with van der Waals surface area (Å²) in [7, 11) is 1.76. The van der Waals surface area contributed by atoms with Crippen molar-refractivity contribution in [3.05, 3.63) is 29.8 Å². The van der Waals surface area contributed by atoms with Crippen LogP contribution in [0.5, 0.6) is 0 Å². The number of carbonyl (C=O) groups is 1. The van der Waals surface area contributed by atoms with Crippen LogP contribution in [0, 0.1) is 11.6 Å². The molecule has 1 fully saturated rings. The summed E-state index contributed by atoms with van der Waals surface area (Å²) in [6, 6.07) is 2.96. The third kappa shape index (κ3) is 4.22. The second kappa shape index (κ2) is 6.95. The largest absolute Gasteiger partial charge is 0.391 e. The van der Waals surface area contributed by atoms with Crippen LogP contribution in [0.15, 0.2) is 18.2 Å². The minimum Gasteiger partial charge on any atom is -0.391 e. The fourth-order valence-corrected chi connectivity index (χ4v) is 2.73. The van der Waals surface area contributed by atoms with E-state index in [9.17, 15) is 18.7 Å². The van der Waals surface area contributed by atoms with Crippen LogP contribution < -0.4 is 5.32 Å². The fourth-order valence-electron chi connectivity index (χ4n) is 2.73. The highest BCUT2D eigenvalue weighted by Gasteiger charge is 2.27. The standard InChI is InChI=1S/C15H20F2N2O2/c1-19(13-4-2-3-5-14(13)20)9-15(21)18-12-7-6-10(16)8-11(12)17/h6-8,13-14,20H,2-5,9H2,1H3,(H,18,21). The highest BCUT2D eigenvalue weighted by molar-refractivity contribution is 5.92. The Labute approximate surface area is 122 Å². The van der Waals surface area contributed by atoms with Crippen molar-refractivity contribution in [1.82, 2.24) is 4.90 Å². The molecule has 0 aromatic heterocycles. The maximum atomic E-state index is 13.5. The van der Waals surface area contributed by atoms with Crippen LogP contribution in [-0.4, -0.2) is 41.7 Å². The Morgan fingerprint density at radius 1 is 1.38 bits per heavy atom. The molecule has 1 aromatic carbocycles. The number of benzene rings is 1. The van der Waals surface area contributed by atoms with E-state index in [2.05, 4.69) is 5.32 Å². The van der Waals surface area contributed by atoms with Crippen molar-refractivity contribution < 1.29 is 18.7 Å². The molecule has 4 nitrogen and oxygen atoms in total. The number of likely N-dealkylation sites (N-methyl/N-ethyl adjacent to an activating group) is 1. The number of amides is 1. The SMILES string of the molecule is CN(CC(=O)Nc1ccc(F)cc1F)C1CCCCC1O. The number of aliphatic hydroxyl groups excluding tert-OH is 1. The van der Waals surface area contributed by atoms with Crippen molar-refractivity contribution in [3.63, 3.8) is 0 Å². The first-order chi connectivity index (χ1) is 9.97. The minimum atomic E-state index is -0.802. The molecule has 1 amide bonds. The van der Waals surface area contributed by atoms with E-state index >= 15 is 0 Å². The summed E-state index contributed by atoms with van der Waals surface area (Å²) in [5.74, 6) is -1.88. The van der Waals surface area contributed by atoms with Crippen molar-refractivity contribution in [2.24, 2.45) is 0 Å². The smallest absolute Gasteiger partial charge is 0.238 e. The van der Waals surface area contributed by atoms with E-state index in [-0.39, 0.29) is 24.2 Å². The summed E-state index contributed by atoms with van der Waals surface area (Å²) in [6.45, 7) is 0.0541. The third-order valence-electron chi connectivity index (χ3n) is 3.86. The molecule has 1 saturated carbocycles. The molecule has 1 aromatic rings. The minimum absolute atomic E-state index is 0.0426. The molecule has 2 N–H and O–H groups in total. The zero-order chi connectivity index (χ0) is 15.4. The average Bonchev–Trinajstić information content (AvgIpc) is 2.42. The van der Waals surface area contributed by atoms with Crippen molar-refractivity contribution in [2.75, 3.05) is 18.9 Å². The first-order valence-corrected chi connectivity index (χ1v) is 7.10. The zero-order valence-corrected chi connectivity index (χ0v) is 12.0. The molecule has 6 heteroatoms. The summed E-state index contributed by atoms with van der Waals surface area (Å²) in [5, 5.41) is 12.4. The van der Waals surface area contributed by atoms with Gasteiger partial charge in [-0.1, -0.05) is 12.8 Å². The number of nitrogens with zero attached hydrogens (tertiary/aromatic N) is 1. The summed E-state index contributed by atoms with van der Waals surface area (Å²) >= 11 is 0. The molecule has 0 bridgehead atoms. The van der Waals surface area contributed by atoms with Crippen LogP contribution >= 0.6 is 0 Å². The molecular weight excluding hydrogens is 278 g/mol. The lowest BCUT2D eigenvalue weighted by atomic mass is 9.91. The van der Waals surface area contributed by atoms with Crippen LogP contribution in [0.1, 0.15) is 25.7 Å². The van der Waals surface area contributed by atoms with Crippen LogP contribution in [0.4, 0.5) is 14.5 Å². The van der Waals surface area contributed by atoms with Gasteiger partial charge in [0.1, 0.15) is 11.6 Å². The van der Waals surface area contributed by atoms with Crippen molar-refractivity contribution in [1.29, 1.82) is 0 Å². The van der Waals surface area contributed by atoms with E-state index in [0.717, 1.165) is 37.8 Å². The summed E-state index contributed by atoms with van der Waals surface area (Å²) in [5.41, 5.74) is -0.0426. The lowest BCUT2D eigenvalue weighted by molar-refractivity contribution is -0.118. The Hall–Kier alpha value is -1.53. The van der Waals surface area contributed by atoms with E-state index in [1.165, 1.54) is 6.07 Å². The Kier molecular flexibility index (Phi) is 5.25. The molecule has 0 spiro atoms. The van der Waals surface area contributed by atoms with Crippen LogP contribution in [-0.2, 0) is 4.79 Å². The number of anilines is 1. The number of nitrogens with one attached hydrogen (secondary N) is 1. The van der Waals surface area contributed by atoms with Gasteiger partial charge in [-0.3, -0.25) is 9.69 Å². The van der Waals surface area contributed by atoms with Crippen molar-refractivity contribution in [3.8, 4) is 0 Å². The molecule has 2 rings (SSSR count). The van der Waals surface area contributed by atoms with Gasteiger partial charge in [0, 0.05) is 12.1 Å². The average molecular weight is 298 g/mol. The van der Waals surface area contributed by atoms with Gasteiger partial charge in [0.05, 0.1) is 18.3 Å². The molecular formula is C15H20F2N2O2. The summed E-state index contributed by atoms with van der Waals surface area (Å²) in [6.07, 6.45) is 3.18. The Bertz CT molecular complexity index is 510. The zero-order valence-electron chi connectivity index (χ0n) is 12.0. The van der Waals surface area contributed by atoms with Gasteiger partial charge in [-0.25, -0.2) is 8.78 Å². The molecule has 21 heavy (non-hydrogen) atoms. The Balaban J connectivity index is 1.91. The molecule has 2 atom stereocenters. The van der Waals surface area contributed by atoms with Crippen molar-refractivity contribution >= 4 is 11.6 Å². The second-order valence-electron chi connectivity index (χ2n) is 5.51. The first-order valence-electron chi connectivity index (χ1n) is 7.10. The molecule has 1 aliphatic rings. The van der Waals surface area contributed by atoms with Gasteiger partial charge in [-0.2, -0.15) is 0 Å². The quantitative estimate of drug-likeness (QED) is 0.895.